The maximum Gasteiger partial charge on any atom is 0.348 e. The number of alkyl halides is 1. The maximum atomic E-state index is 12.2. The molecule has 152 valence electrons. The number of thiophene rings is 1. The van der Waals surface area contributed by atoms with Crippen LogP contribution in [0.25, 0.3) is 0 Å². The zero-order chi connectivity index (χ0) is 19.8. The van der Waals surface area contributed by atoms with Crippen LogP contribution in [0.5, 0.6) is 0 Å². The summed E-state index contributed by atoms with van der Waals surface area (Å²) < 4.78 is 4.97. The molecule has 1 aromatic heterocycles. The van der Waals surface area contributed by atoms with Gasteiger partial charge in [0.1, 0.15) is 4.88 Å². The first kappa shape index (κ1) is 22.4. The normalized spacial score (nSPS) is 22.3. The van der Waals surface area contributed by atoms with E-state index < -0.39 is 6.10 Å². The lowest BCUT2D eigenvalue weighted by Crippen LogP contribution is -2.17. The molecule has 1 N–H and O–H groups in total. The minimum absolute atomic E-state index is 0.0342. The molecule has 1 unspecified atom stereocenters. The van der Waals surface area contributed by atoms with Crippen molar-refractivity contribution in [2.24, 2.45) is 5.92 Å². The van der Waals surface area contributed by atoms with Gasteiger partial charge in [-0.3, -0.25) is 0 Å². The topological polar surface area (TPSA) is 46.5 Å². The maximum absolute atomic E-state index is 12.2. The van der Waals surface area contributed by atoms with Crippen molar-refractivity contribution in [2.75, 3.05) is 7.11 Å². The molecule has 27 heavy (non-hydrogen) atoms. The molecular weight excluding hydrogens is 380 g/mol. The van der Waals surface area contributed by atoms with Gasteiger partial charge in [-0.1, -0.05) is 25.5 Å². The number of carbonyl (C=O) groups is 1. The number of allylic oxidation sites excluding steroid dienone is 2. The third-order valence-corrected chi connectivity index (χ3v) is 6.95. The van der Waals surface area contributed by atoms with E-state index in [9.17, 15) is 9.90 Å². The minimum atomic E-state index is -0.492. The number of methoxy groups -OCH3 is 1. The van der Waals surface area contributed by atoms with Gasteiger partial charge >= 0.3 is 5.97 Å². The van der Waals surface area contributed by atoms with Gasteiger partial charge in [-0.05, 0) is 69.4 Å². The summed E-state index contributed by atoms with van der Waals surface area (Å²) in [6.45, 7) is 3.95. The second-order valence-electron chi connectivity index (χ2n) is 7.62. The van der Waals surface area contributed by atoms with E-state index in [1.165, 1.54) is 29.7 Å². The number of hydrogen-bond donors (Lipinski definition) is 1. The third kappa shape index (κ3) is 6.62. The van der Waals surface area contributed by atoms with Crippen molar-refractivity contribution in [3.05, 3.63) is 33.5 Å². The highest BCUT2D eigenvalue weighted by atomic mass is 35.5. The largest absolute Gasteiger partial charge is 0.465 e. The second-order valence-corrected chi connectivity index (χ2v) is 9.37. The summed E-state index contributed by atoms with van der Waals surface area (Å²) in [5, 5.41) is 10.7. The van der Waals surface area contributed by atoms with Crippen LogP contribution in [0.2, 0.25) is 0 Å². The van der Waals surface area contributed by atoms with Crippen LogP contribution in [0.1, 0.15) is 84.8 Å². The monoisotopic (exact) mass is 412 g/mol. The fourth-order valence-corrected chi connectivity index (χ4v) is 5.49. The summed E-state index contributed by atoms with van der Waals surface area (Å²) in [6.07, 6.45) is 12.3. The van der Waals surface area contributed by atoms with Crippen molar-refractivity contribution >= 4 is 28.9 Å². The van der Waals surface area contributed by atoms with Crippen molar-refractivity contribution in [3.63, 3.8) is 0 Å². The Hall–Kier alpha value is -0.840. The summed E-state index contributed by atoms with van der Waals surface area (Å²) in [7, 11) is 1.42. The third-order valence-electron chi connectivity index (χ3n) is 5.36. The summed E-state index contributed by atoms with van der Waals surface area (Å²) >= 11 is 7.68. The van der Waals surface area contributed by atoms with Crippen molar-refractivity contribution in [3.8, 4) is 0 Å². The molecule has 0 aromatic carbocycles. The van der Waals surface area contributed by atoms with Crippen molar-refractivity contribution in [1.82, 2.24) is 0 Å². The molecule has 0 radical (unpaired) electrons. The molecule has 0 saturated heterocycles. The Balaban J connectivity index is 1.99. The molecule has 1 aliphatic rings. The van der Waals surface area contributed by atoms with Crippen LogP contribution in [0, 0.1) is 5.92 Å². The van der Waals surface area contributed by atoms with E-state index in [0.29, 0.717) is 16.2 Å². The number of aliphatic hydroxyl groups excluding tert-OH is 1. The molecule has 0 bridgehead atoms. The van der Waals surface area contributed by atoms with E-state index in [2.05, 4.69) is 25.1 Å². The minimum Gasteiger partial charge on any atom is -0.465 e. The van der Waals surface area contributed by atoms with Crippen LogP contribution in [0.15, 0.2) is 18.2 Å². The number of aryl methyl sites for hydroxylation is 1. The van der Waals surface area contributed by atoms with Gasteiger partial charge in [0, 0.05) is 16.2 Å². The van der Waals surface area contributed by atoms with Gasteiger partial charge in [-0.25, -0.2) is 4.79 Å². The summed E-state index contributed by atoms with van der Waals surface area (Å²) in [6, 6.07) is 2.10. The predicted octanol–water partition coefficient (Wildman–Crippen LogP) is 6.09. The number of halogens is 1. The molecule has 3 nitrogen and oxygen atoms in total. The van der Waals surface area contributed by atoms with Crippen LogP contribution < -0.4 is 0 Å². The van der Waals surface area contributed by atoms with Gasteiger partial charge in [0.05, 0.1) is 13.2 Å². The Kier molecular flexibility index (Phi) is 9.34. The Morgan fingerprint density at radius 1 is 1.48 bits per heavy atom. The Labute approximate surface area is 172 Å². The number of ether oxygens (including phenoxy) is 1. The molecule has 1 aromatic rings. The van der Waals surface area contributed by atoms with Gasteiger partial charge in [0.25, 0.3) is 0 Å². The lowest BCUT2D eigenvalue weighted by Gasteiger charge is -2.20. The number of aliphatic hydroxyl groups is 1. The Bertz CT molecular complexity index is 623. The number of rotatable bonds is 10. The molecule has 1 fully saturated rings. The van der Waals surface area contributed by atoms with Gasteiger partial charge in [-0.15, -0.1) is 22.9 Å². The van der Waals surface area contributed by atoms with Crippen molar-refractivity contribution in [2.45, 2.75) is 82.6 Å². The zero-order valence-corrected chi connectivity index (χ0v) is 18.3. The van der Waals surface area contributed by atoms with Crippen LogP contribution in [-0.2, 0) is 11.2 Å². The van der Waals surface area contributed by atoms with E-state index in [1.807, 2.05) is 6.92 Å². The van der Waals surface area contributed by atoms with E-state index in [-0.39, 0.29) is 11.9 Å². The fraction of sp³-hybridized carbons (Fsp3) is 0.682. The fourth-order valence-electron chi connectivity index (χ4n) is 3.89. The molecule has 1 aliphatic carbocycles. The SMILES string of the molecule is CCCc1cc(C(CCC/C=C/[C@H]2CC[C@@H](Cl)C2)[C@@H](C)O)c(C(=O)OC)s1. The quantitative estimate of drug-likeness (QED) is 0.219. The van der Waals surface area contributed by atoms with E-state index in [1.54, 1.807) is 0 Å². The van der Waals surface area contributed by atoms with Crippen LogP contribution in [0.3, 0.4) is 0 Å². The second kappa shape index (κ2) is 11.2. The smallest absolute Gasteiger partial charge is 0.348 e. The van der Waals surface area contributed by atoms with Crippen molar-refractivity contribution in [1.29, 1.82) is 0 Å². The van der Waals surface area contributed by atoms with Gasteiger partial charge < -0.3 is 9.84 Å². The molecule has 2 rings (SSSR count). The highest BCUT2D eigenvalue weighted by Gasteiger charge is 2.26. The van der Waals surface area contributed by atoms with Gasteiger partial charge in [-0.2, -0.15) is 0 Å². The Morgan fingerprint density at radius 2 is 2.26 bits per heavy atom. The number of carbonyl (C=O) groups excluding carboxylic acids is 1. The highest BCUT2D eigenvalue weighted by molar-refractivity contribution is 7.14. The highest BCUT2D eigenvalue weighted by Crippen LogP contribution is 2.35. The van der Waals surface area contributed by atoms with Gasteiger partial charge in [0.15, 0.2) is 0 Å². The first-order valence-electron chi connectivity index (χ1n) is 10.2. The van der Waals surface area contributed by atoms with Crippen LogP contribution in [0.4, 0.5) is 0 Å². The van der Waals surface area contributed by atoms with E-state index in [4.69, 9.17) is 16.3 Å². The first-order valence-corrected chi connectivity index (χ1v) is 11.4. The molecule has 4 atom stereocenters. The van der Waals surface area contributed by atoms with Crippen molar-refractivity contribution < 1.29 is 14.6 Å². The number of esters is 1. The average Bonchev–Trinajstić information content (AvgIpc) is 3.23. The number of unbranched alkanes of at least 4 members (excludes halogenated alkanes) is 1. The Morgan fingerprint density at radius 3 is 2.85 bits per heavy atom. The van der Waals surface area contributed by atoms with Gasteiger partial charge in [0.2, 0.25) is 0 Å². The lowest BCUT2D eigenvalue weighted by atomic mass is 9.89. The summed E-state index contributed by atoms with van der Waals surface area (Å²) in [4.78, 5) is 14.1. The molecule has 0 spiro atoms. The number of hydrogen-bond acceptors (Lipinski definition) is 4. The van der Waals surface area contributed by atoms with E-state index >= 15 is 0 Å². The molecule has 1 heterocycles. The predicted molar refractivity (Wildman–Crippen MR) is 114 cm³/mol. The van der Waals surface area contributed by atoms with Crippen LogP contribution in [-0.4, -0.2) is 29.7 Å². The molecule has 0 aliphatic heterocycles. The standard InChI is InChI=1S/C22H33ClO3S/c1-4-8-18-14-20(21(27-18)22(25)26-3)19(15(2)24)10-7-5-6-9-16-11-12-17(23)13-16/h6,9,14-17,19,24H,4-5,7-8,10-13H2,1-3H3/b9-6+/t15-,16+,17-,19?/m1/s1. The first-order chi connectivity index (χ1) is 13.0. The molecular formula is C22H33ClO3S. The molecule has 1 saturated carbocycles. The van der Waals surface area contributed by atoms with Crippen LogP contribution >= 0.6 is 22.9 Å². The summed E-state index contributed by atoms with van der Waals surface area (Å²) in [5.74, 6) is 0.298. The average molecular weight is 413 g/mol. The molecule has 0 amide bonds. The lowest BCUT2D eigenvalue weighted by molar-refractivity contribution is 0.0603. The molecule has 5 heteroatoms. The summed E-state index contributed by atoms with van der Waals surface area (Å²) in [5.41, 5.74) is 0.954. The zero-order valence-electron chi connectivity index (χ0n) is 16.7. The van der Waals surface area contributed by atoms with E-state index in [0.717, 1.165) is 50.5 Å².